The number of aromatic nitrogens is 4. The molecule has 0 unspecified atom stereocenters. The zero-order valence-electron chi connectivity index (χ0n) is 33.4. The molecule has 4 heteroatoms. The lowest BCUT2D eigenvalue weighted by atomic mass is 9.93. The first-order chi connectivity index (χ1) is 30.7. The highest BCUT2D eigenvalue weighted by Gasteiger charge is 2.22. The molecule has 3 aromatic heterocycles. The minimum absolute atomic E-state index is 0.805. The Hall–Kier alpha value is -8.34. The normalized spacial score (nSPS) is 12.2. The Labute approximate surface area is 355 Å². The first-order valence-electron chi connectivity index (χ1n) is 21.2. The molecule has 0 N–H and O–H groups in total. The summed E-state index contributed by atoms with van der Waals surface area (Å²) >= 11 is 0. The Morgan fingerprint density at radius 1 is 0.290 bits per heavy atom. The van der Waals surface area contributed by atoms with Crippen molar-refractivity contribution >= 4 is 109 Å². The van der Waals surface area contributed by atoms with Gasteiger partial charge in [-0.15, -0.1) is 0 Å². The lowest BCUT2D eigenvalue weighted by Crippen LogP contribution is -2.04. The second-order valence-corrected chi connectivity index (χ2v) is 16.5. The smallest absolute Gasteiger partial charge is 0.165 e. The van der Waals surface area contributed by atoms with Gasteiger partial charge >= 0.3 is 0 Å². The van der Waals surface area contributed by atoms with E-state index in [0.717, 1.165) is 50.2 Å². The zero-order valence-corrected chi connectivity index (χ0v) is 33.4. The second-order valence-electron chi connectivity index (χ2n) is 16.5. The fourth-order valence-electron chi connectivity index (χ4n) is 10.5. The van der Waals surface area contributed by atoms with Crippen LogP contribution in [0.2, 0.25) is 0 Å². The fourth-order valence-corrected chi connectivity index (χ4v) is 10.5. The van der Waals surface area contributed by atoms with Crippen LogP contribution in [0.15, 0.2) is 206 Å². The Balaban J connectivity index is 1.08. The van der Waals surface area contributed by atoms with E-state index in [-0.39, 0.29) is 0 Å². The van der Waals surface area contributed by atoms with Gasteiger partial charge in [-0.05, 0) is 115 Å². The summed E-state index contributed by atoms with van der Waals surface area (Å²) < 4.78 is 4.79. The van der Waals surface area contributed by atoms with Crippen molar-refractivity contribution in [1.29, 1.82) is 0 Å². The van der Waals surface area contributed by atoms with Gasteiger partial charge in [-0.2, -0.15) is 0 Å². The molecule has 0 amide bonds. The number of hydrogen-bond donors (Lipinski definition) is 0. The molecule has 0 aliphatic carbocycles. The number of fused-ring (bicyclic) bond motifs is 16. The summed E-state index contributed by atoms with van der Waals surface area (Å²) in [7, 11) is 0. The van der Waals surface area contributed by atoms with Crippen LogP contribution >= 0.6 is 0 Å². The molecule has 11 aromatic carbocycles. The van der Waals surface area contributed by atoms with Gasteiger partial charge in [-0.1, -0.05) is 146 Å². The predicted octanol–water partition coefficient (Wildman–Crippen LogP) is 15.3. The summed E-state index contributed by atoms with van der Waals surface area (Å²) in [5, 5.41) is 17.2. The van der Waals surface area contributed by atoms with Crippen LogP contribution < -0.4 is 0 Å². The molecule has 0 spiro atoms. The van der Waals surface area contributed by atoms with Gasteiger partial charge in [0.15, 0.2) is 5.82 Å². The first-order valence-corrected chi connectivity index (χ1v) is 21.2. The molecule has 3 heterocycles. The van der Waals surface area contributed by atoms with Crippen LogP contribution in [0.5, 0.6) is 0 Å². The van der Waals surface area contributed by atoms with E-state index >= 15 is 0 Å². The Morgan fingerprint density at radius 2 is 0.839 bits per heavy atom. The van der Waals surface area contributed by atoms with E-state index in [4.69, 9.17) is 9.97 Å². The van der Waals surface area contributed by atoms with Crippen molar-refractivity contribution in [3.8, 4) is 22.8 Å². The second kappa shape index (κ2) is 12.6. The van der Waals surface area contributed by atoms with Crippen molar-refractivity contribution in [2.45, 2.75) is 0 Å². The first kappa shape index (κ1) is 33.5. The van der Waals surface area contributed by atoms with E-state index < -0.39 is 0 Å². The van der Waals surface area contributed by atoms with Crippen LogP contribution in [0.3, 0.4) is 0 Å². The summed E-state index contributed by atoms with van der Waals surface area (Å²) in [5.41, 5.74) is 9.24. The topological polar surface area (TPSA) is 35.6 Å². The molecule has 0 saturated heterocycles. The lowest BCUT2D eigenvalue weighted by Gasteiger charge is -2.16. The highest BCUT2D eigenvalue weighted by molar-refractivity contribution is 6.26. The molecular weight excluding hydrogens is 753 g/mol. The minimum atomic E-state index is 0.805. The van der Waals surface area contributed by atoms with Gasteiger partial charge in [0.1, 0.15) is 5.69 Å². The molecule has 0 aliphatic heterocycles. The Morgan fingerprint density at radius 3 is 1.60 bits per heavy atom. The van der Waals surface area contributed by atoms with Gasteiger partial charge in [-0.3, -0.25) is 4.57 Å². The number of benzene rings is 11. The summed E-state index contributed by atoms with van der Waals surface area (Å²) in [6.45, 7) is 0. The average Bonchev–Trinajstić information content (AvgIpc) is 3.85. The number of nitrogens with zero attached hydrogens (tertiary/aromatic N) is 4. The van der Waals surface area contributed by atoms with Crippen molar-refractivity contribution in [3.05, 3.63) is 206 Å². The number of rotatable bonds is 3. The molecule has 0 atom stereocenters. The van der Waals surface area contributed by atoms with E-state index in [1.165, 1.54) is 81.1 Å². The Kier molecular flexibility index (Phi) is 6.80. The van der Waals surface area contributed by atoms with Crippen LogP contribution in [-0.2, 0) is 0 Å². The van der Waals surface area contributed by atoms with E-state index in [1.54, 1.807) is 0 Å². The summed E-state index contributed by atoms with van der Waals surface area (Å²) in [5.74, 6) is 0.805. The third kappa shape index (κ3) is 4.66. The van der Waals surface area contributed by atoms with Crippen molar-refractivity contribution in [2.24, 2.45) is 0 Å². The monoisotopic (exact) mass is 786 g/mol. The van der Waals surface area contributed by atoms with Crippen molar-refractivity contribution in [2.75, 3.05) is 0 Å². The fraction of sp³-hybridized carbons (Fsp3) is 0. The lowest BCUT2D eigenvalue weighted by molar-refractivity contribution is 1.08. The highest BCUT2D eigenvalue weighted by Crippen LogP contribution is 2.43. The van der Waals surface area contributed by atoms with Crippen LogP contribution in [0.4, 0.5) is 0 Å². The van der Waals surface area contributed by atoms with E-state index in [0.29, 0.717) is 0 Å². The number of para-hydroxylation sites is 3. The van der Waals surface area contributed by atoms with E-state index in [9.17, 15) is 0 Å². The predicted molar refractivity (Wildman–Crippen MR) is 261 cm³/mol. The molecule has 62 heavy (non-hydrogen) atoms. The van der Waals surface area contributed by atoms with Crippen LogP contribution in [0.1, 0.15) is 0 Å². The van der Waals surface area contributed by atoms with Crippen molar-refractivity contribution in [1.82, 2.24) is 19.1 Å². The molecule has 286 valence electrons. The largest absolute Gasteiger partial charge is 0.309 e. The van der Waals surface area contributed by atoms with Gasteiger partial charge in [0.2, 0.25) is 0 Å². The molecular formula is C58H34N4. The number of hydrogen-bond acceptors (Lipinski definition) is 2. The minimum Gasteiger partial charge on any atom is -0.309 e. The maximum absolute atomic E-state index is 5.55. The maximum atomic E-state index is 5.55. The standard InChI is InChI=1S/C58H34N4/c1-2-15-37-33-55-48(31-36(37)14-1)49-34-39(61-52-24-12-9-21-46(52)56-40-16-4-3-13-35(40)26-29-54(56)61)27-30-53(49)62(55)58-57(59-50-22-10-11-23-51(50)60-58)38-25-28-45-43-19-6-5-17-41(43)42-18-7-8-20-44(42)47(45)32-38/h1-34H. The quantitative estimate of drug-likeness (QED) is 0.167. The van der Waals surface area contributed by atoms with Crippen molar-refractivity contribution in [3.63, 3.8) is 0 Å². The molecule has 14 rings (SSSR count). The molecule has 4 nitrogen and oxygen atoms in total. The molecule has 0 aliphatic rings. The average molecular weight is 787 g/mol. The molecule has 14 aromatic rings. The summed E-state index contributed by atoms with van der Waals surface area (Å²) in [4.78, 5) is 11.0. The SMILES string of the molecule is c1ccc2cc3c(cc2c1)c1cc(-n2c4ccccc4c4c5ccccc5ccc42)ccc1n3-c1nc2ccccc2nc1-c1ccc2c3ccccc3c3ccccc3c2c1. The Bertz CT molecular complexity index is 4190. The van der Waals surface area contributed by atoms with Crippen LogP contribution in [0.25, 0.3) is 131 Å². The van der Waals surface area contributed by atoms with Crippen LogP contribution in [0, 0.1) is 0 Å². The van der Waals surface area contributed by atoms with Gasteiger partial charge in [0, 0.05) is 32.8 Å². The molecule has 0 radical (unpaired) electrons. The third-order valence-corrected chi connectivity index (χ3v) is 13.2. The summed E-state index contributed by atoms with van der Waals surface area (Å²) in [6, 6.07) is 75.0. The zero-order chi connectivity index (χ0) is 40.5. The maximum Gasteiger partial charge on any atom is 0.165 e. The van der Waals surface area contributed by atoms with Gasteiger partial charge in [0.05, 0.1) is 33.1 Å². The van der Waals surface area contributed by atoms with Crippen molar-refractivity contribution < 1.29 is 0 Å². The van der Waals surface area contributed by atoms with Gasteiger partial charge in [-0.25, -0.2) is 9.97 Å². The molecule has 0 saturated carbocycles. The highest BCUT2D eigenvalue weighted by atomic mass is 15.1. The molecule has 0 bridgehead atoms. The molecule has 0 fully saturated rings. The van der Waals surface area contributed by atoms with Gasteiger partial charge in [0.25, 0.3) is 0 Å². The van der Waals surface area contributed by atoms with Gasteiger partial charge < -0.3 is 4.57 Å². The summed E-state index contributed by atoms with van der Waals surface area (Å²) in [6.07, 6.45) is 0. The van der Waals surface area contributed by atoms with Crippen LogP contribution in [-0.4, -0.2) is 19.1 Å². The third-order valence-electron chi connectivity index (χ3n) is 13.2. The van der Waals surface area contributed by atoms with E-state index in [2.05, 4.69) is 203 Å². The van der Waals surface area contributed by atoms with E-state index in [1.807, 2.05) is 12.1 Å².